The Balaban J connectivity index is 1.76. The van der Waals surface area contributed by atoms with Crippen molar-refractivity contribution in [3.05, 3.63) is 29.8 Å². The van der Waals surface area contributed by atoms with Crippen molar-refractivity contribution in [3.8, 4) is 0 Å². The first-order chi connectivity index (χ1) is 11.9. The quantitative estimate of drug-likeness (QED) is 0.702. The van der Waals surface area contributed by atoms with E-state index in [1.807, 2.05) is 26.0 Å². The average molecular weight is 348 g/mol. The maximum absolute atomic E-state index is 12.0. The van der Waals surface area contributed by atoms with Gasteiger partial charge in [0.2, 0.25) is 0 Å². The number of rotatable bonds is 7. The lowest BCUT2D eigenvalue weighted by Gasteiger charge is -2.32. The molecule has 1 saturated heterocycles. The van der Waals surface area contributed by atoms with Crippen molar-refractivity contribution in [2.75, 3.05) is 51.7 Å². The molecule has 1 aliphatic heterocycles. The van der Waals surface area contributed by atoms with Crippen molar-refractivity contribution in [2.24, 2.45) is 0 Å². The predicted octanol–water partition coefficient (Wildman–Crippen LogP) is 1.76. The Kier molecular flexibility index (Phi) is 7.23. The second-order valence-corrected chi connectivity index (χ2v) is 7.53. The number of likely N-dealkylation sites (N-methyl/N-ethyl adjacent to an activating group) is 1. The number of nitrogens with one attached hydrogen (secondary N) is 2. The van der Waals surface area contributed by atoms with Crippen LogP contribution in [0.15, 0.2) is 24.3 Å². The molecule has 0 saturated carbocycles. The van der Waals surface area contributed by atoms with Gasteiger partial charge in [-0.15, -0.1) is 0 Å². The third kappa shape index (κ3) is 7.02. The van der Waals surface area contributed by atoms with E-state index in [1.54, 1.807) is 0 Å². The molecule has 6 nitrogen and oxygen atoms in total. The van der Waals surface area contributed by atoms with Gasteiger partial charge in [0, 0.05) is 50.6 Å². The van der Waals surface area contributed by atoms with Gasteiger partial charge < -0.3 is 25.5 Å². The van der Waals surface area contributed by atoms with Gasteiger partial charge in [-0.05, 0) is 51.4 Å². The summed E-state index contributed by atoms with van der Waals surface area (Å²) in [4.78, 5) is 16.9. The number of carbonyl (C=O) groups is 1. The molecule has 0 bridgehead atoms. The van der Waals surface area contributed by atoms with E-state index in [1.165, 1.54) is 5.56 Å². The van der Waals surface area contributed by atoms with Gasteiger partial charge >= 0.3 is 6.03 Å². The summed E-state index contributed by atoms with van der Waals surface area (Å²) < 4.78 is 0. The molecule has 0 radical (unpaired) electrons. The number of anilines is 1. The predicted molar refractivity (Wildman–Crippen MR) is 102 cm³/mol. The molecule has 0 unspecified atom stereocenters. The number of nitrogens with zero attached hydrogens (tertiary/aromatic N) is 2. The minimum atomic E-state index is -0.429. The van der Waals surface area contributed by atoms with Gasteiger partial charge in [0.1, 0.15) is 0 Å². The Bertz CT molecular complexity index is 537. The lowest BCUT2D eigenvalue weighted by atomic mass is 10.0. The summed E-state index contributed by atoms with van der Waals surface area (Å²) in [6, 6.07) is 7.79. The van der Waals surface area contributed by atoms with E-state index in [-0.39, 0.29) is 12.6 Å². The van der Waals surface area contributed by atoms with Crippen LogP contribution in [-0.4, -0.2) is 72.9 Å². The molecule has 0 spiro atoms. The van der Waals surface area contributed by atoms with Crippen LogP contribution in [0.2, 0.25) is 0 Å². The number of benzene rings is 1. The smallest absolute Gasteiger partial charge is 0.319 e. The normalized spacial score (nSPS) is 16.6. The van der Waals surface area contributed by atoms with Gasteiger partial charge in [-0.2, -0.15) is 0 Å². The maximum Gasteiger partial charge on any atom is 0.319 e. The third-order valence-electron chi connectivity index (χ3n) is 4.71. The minimum absolute atomic E-state index is 0.0509. The van der Waals surface area contributed by atoms with Crippen molar-refractivity contribution < 1.29 is 9.90 Å². The lowest BCUT2D eigenvalue weighted by Crippen LogP contribution is -2.46. The van der Waals surface area contributed by atoms with Crippen LogP contribution in [0.1, 0.15) is 25.8 Å². The Morgan fingerprint density at radius 2 is 1.80 bits per heavy atom. The van der Waals surface area contributed by atoms with Crippen LogP contribution >= 0.6 is 0 Å². The number of aliphatic hydroxyl groups is 1. The summed E-state index contributed by atoms with van der Waals surface area (Å²) >= 11 is 0. The molecule has 1 aromatic carbocycles. The zero-order chi connectivity index (χ0) is 18.3. The summed E-state index contributed by atoms with van der Waals surface area (Å²) in [5, 5.41) is 14.7. The first-order valence-corrected chi connectivity index (χ1v) is 9.08. The number of amides is 2. The molecule has 1 aromatic rings. The summed E-state index contributed by atoms with van der Waals surface area (Å²) in [5.41, 5.74) is 1.63. The zero-order valence-corrected chi connectivity index (χ0v) is 15.7. The lowest BCUT2D eigenvalue weighted by molar-refractivity contribution is 0.155. The monoisotopic (exact) mass is 348 g/mol. The van der Waals surface area contributed by atoms with Crippen LogP contribution in [0.5, 0.6) is 0 Å². The molecule has 3 N–H and O–H groups in total. The molecular formula is C19H32N4O2. The van der Waals surface area contributed by atoms with Gasteiger partial charge in [-0.25, -0.2) is 4.79 Å². The number of piperazine rings is 1. The number of carbonyl (C=O) groups excluding carboxylic acids is 1. The second kappa shape index (κ2) is 9.17. The average Bonchev–Trinajstić information content (AvgIpc) is 2.55. The third-order valence-corrected chi connectivity index (χ3v) is 4.71. The van der Waals surface area contributed by atoms with Crippen LogP contribution in [0.3, 0.4) is 0 Å². The fourth-order valence-corrected chi connectivity index (χ4v) is 2.93. The minimum Gasteiger partial charge on any atom is -0.396 e. The van der Waals surface area contributed by atoms with E-state index in [9.17, 15) is 4.79 Å². The molecule has 0 aliphatic carbocycles. The number of hydrogen-bond donors (Lipinski definition) is 3. The first kappa shape index (κ1) is 19.7. The van der Waals surface area contributed by atoms with E-state index in [4.69, 9.17) is 5.11 Å². The summed E-state index contributed by atoms with van der Waals surface area (Å²) in [6.07, 6.45) is 1.55. The largest absolute Gasteiger partial charge is 0.396 e. The van der Waals surface area contributed by atoms with Crippen LogP contribution in [0.4, 0.5) is 10.5 Å². The van der Waals surface area contributed by atoms with Gasteiger partial charge in [-0.1, -0.05) is 12.1 Å². The van der Waals surface area contributed by atoms with E-state index < -0.39 is 5.54 Å². The maximum atomic E-state index is 12.0. The van der Waals surface area contributed by atoms with E-state index in [0.29, 0.717) is 6.42 Å². The van der Waals surface area contributed by atoms with Crippen LogP contribution < -0.4 is 10.6 Å². The molecule has 140 valence electrons. The van der Waals surface area contributed by atoms with Crippen molar-refractivity contribution >= 4 is 11.7 Å². The Morgan fingerprint density at radius 1 is 1.16 bits per heavy atom. The molecule has 1 aliphatic rings. The first-order valence-electron chi connectivity index (χ1n) is 9.08. The van der Waals surface area contributed by atoms with Crippen molar-refractivity contribution in [2.45, 2.75) is 32.2 Å². The van der Waals surface area contributed by atoms with E-state index in [2.05, 4.69) is 39.6 Å². The highest BCUT2D eigenvalue weighted by Gasteiger charge is 2.19. The summed E-state index contributed by atoms with van der Waals surface area (Å²) in [5.74, 6) is 0. The molecule has 6 heteroatoms. The molecule has 0 atom stereocenters. The Labute approximate surface area is 151 Å². The van der Waals surface area contributed by atoms with E-state index in [0.717, 1.165) is 44.8 Å². The van der Waals surface area contributed by atoms with Crippen molar-refractivity contribution in [1.82, 2.24) is 15.1 Å². The highest BCUT2D eigenvalue weighted by molar-refractivity contribution is 5.89. The van der Waals surface area contributed by atoms with Crippen molar-refractivity contribution in [1.29, 1.82) is 0 Å². The number of urea groups is 1. The van der Waals surface area contributed by atoms with Gasteiger partial charge in [0.25, 0.3) is 0 Å². The highest BCUT2D eigenvalue weighted by atomic mass is 16.3. The molecule has 25 heavy (non-hydrogen) atoms. The van der Waals surface area contributed by atoms with Crippen molar-refractivity contribution in [3.63, 3.8) is 0 Å². The van der Waals surface area contributed by atoms with Gasteiger partial charge in [0.15, 0.2) is 0 Å². The molecule has 2 amide bonds. The fraction of sp³-hybridized carbons (Fsp3) is 0.632. The van der Waals surface area contributed by atoms with Crippen LogP contribution in [0, 0.1) is 0 Å². The topological polar surface area (TPSA) is 67.8 Å². The standard InChI is InChI=1S/C19H32N4O2/c1-19(2,9-15-24)21-18(25)20-17-6-4-16(5-7-17)8-10-23-13-11-22(3)12-14-23/h4-7,24H,8-15H2,1-3H3,(H2,20,21,25). The fourth-order valence-electron chi connectivity index (χ4n) is 2.93. The molecular weight excluding hydrogens is 316 g/mol. The molecule has 2 rings (SSSR count). The van der Waals surface area contributed by atoms with Crippen LogP contribution in [0.25, 0.3) is 0 Å². The summed E-state index contributed by atoms with van der Waals surface area (Å²) in [6.45, 7) is 9.48. The second-order valence-electron chi connectivity index (χ2n) is 7.53. The van der Waals surface area contributed by atoms with Gasteiger partial charge in [0.05, 0.1) is 0 Å². The van der Waals surface area contributed by atoms with Crippen LogP contribution in [-0.2, 0) is 6.42 Å². The SMILES string of the molecule is CN1CCN(CCc2ccc(NC(=O)NC(C)(C)CCO)cc2)CC1. The Hall–Kier alpha value is -1.63. The summed E-state index contributed by atoms with van der Waals surface area (Å²) in [7, 11) is 2.17. The number of hydrogen-bond acceptors (Lipinski definition) is 4. The van der Waals surface area contributed by atoms with Gasteiger partial charge in [-0.3, -0.25) is 0 Å². The molecule has 1 fully saturated rings. The zero-order valence-electron chi connectivity index (χ0n) is 15.7. The Morgan fingerprint density at radius 3 is 2.40 bits per heavy atom. The highest BCUT2D eigenvalue weighted by Crippen LogP contribution is 2.12. The number of aliphatic hydroxyl groups excluding tert-OH is 1. The van der Waals surface area contributed by atoms with E-state index >= 15 is 0 Å². The molecule has 1 heterocycles. The molecule has 0 aromatic heterocycles.